The van der Waals surface area contributed by atoms with E-state index in [4.69, 9.17) is 26.8 Å². The van der Waals surface area contributed by atoms with E-state index in [-0.39, 0.29) is 6.04 Å². The third-order valence-corrected chi connectivity index (χ3v) is 3.09. The molecule has 0 bridgehead atoms. The maximum Gasteiger partial charge on any atom is 0.137 e. The van der Waals surface area contributed by atoms with E-state index in [0.717, 1.165) is 11.3 Å². The molecule has 0 heterocycles. The zero-order valence-corrected chi connectivity index (χ0v) is 11.4. The van der Waals surface area contributed by atoms with Gasteiger partial charge in [-0.1, -0.05) is 35.9 Å². The first-order valence-electron chi connectivity index (χ1n) is 5.97. The molecule has 0 spiro atoms. The van der Waals surface area contributed by atoms with Crippen molar-refractivity contribution in [2.75, 3.05) is 13.7 Å². The monoisotopic (exact) mass is 277 g/mol. The zero-order chi connectivity index (χ0) is 13.7. The number of hydrogen-bond donors (Lipinski definition) is 1. The first kappa shape index (κ1) is 13.7. The molecule has 100 valence electrons. The van der Waals surface area contributed by atoms with Crippen molar-refractivity contribution in [3.63, 3.8) is 0 Å². The molecule has 0 amide bonds. The summed E-state index contributed by atoms with van der Waals surface area (Å²) in [6.07, 6.45) is 0. The second-order valence-electron chi connectivity index (χ2n) is 4.12. The first-order valence-corrected chi connectivity index (χ1v) is 6.35. The van der Waals surface area contributed by atoms with Crippen LogP contribution < -0.4 is 15.2 Å². The highest BCUT2D eigenvalue weighted by atomic mass is 35.5. The average Bonchev–Trinajstić information content (AvgIpc) is 2.46. The zero-order valence-electron chi connectivity index (χ0n) is 10.7. The molecule has 19 heavy (non-hydrogen) atoms. The van der Waals surface area contributed by atoms with Crippen LogP contribution in [0.5, 0.6) is 11.5 Å². The molecule has 1 unspecified atom stereocenters. The summed E-state index contributed by atoms with van der Waals surface area (Å²) < 4.78 is 10.8. The van der Waals surface area contributed by atoms with Crippen molar-refractivity contribution in [3.05, 3.63) is 59.1 Å². The average molecular weight is 278 g/mol. The fraction of sp³-hybridized carbons (Fsp3) is 0.200. The number of hydrogen-bond acceptors (Lipinski definition) is 3. The second-order valence-corrected chi connectivity index (χ2v) is 4.53. The van der Waals surface area contributed by atoms with E-state index < -0.39 is 0 Å². The van der Waals surface area contributed by atoms with Gasteiger partial charge in [-0.15, -0.1) is 0 Å². The van der Waals surface area contributed by atoms with Crippen LogP contribution >= 0.6 is 11.6 Å². The van der Waals surface area contributed by atoms with Crippen LogP contribution in [-0.4, -0.2) is 13.7 Å². The van der Waals surface area contributed by atoms with E-state index in [1.807, 2.05) is 42.5 Å². The molecule has 0 saturated carbocycles. The summed E-state index contributed by atoms with van der Waals surface area (Å²) in [5, 5.41) is 0.572. The normalized spacial score (nSPS) is 11.9. The molecular formula is C15H16ClNO2. The predicted octanol–water partition coefficient (Wildman–Crippen LogP) is 3.43. The maximum absolute atomic E-state index is 6.09. The SMILES string of the molecule is COc1cc(C(N)COc2ccccc2)ccc1Cl. The van der Waals surface area contributed by atoms with Gasteiger partial charge in [0.1, 0.15) is 18.1 Å². The smallest absolute Gasteiger partial charge is 0.137 e. The topological polar surface area (TPSA) is 44.5 Å². The van der Waals surface area contributed by atoms with Crippen LogP contribution in [0.4, 0.5) is 0 Å². The predicted molar refractivity (Wildman–Crippen MR) is 76.9 cm³/mol. The van der Waals surface area contributed by atoms with E-state index in [9.17, 15) is 0 Å². The summed E-state index contributed by atoms with van der Waals surface area (Å²) in [7, 11) is 1.58. The van der Waals surface area contributed by atoms with E-state index in [1.165, 1.54) is 0 Å². The van der Waals surface area contributed by atoms with Gasteiger partial charge in [-0.3, -0.25) is 0 Å². The van der Waals surface area contributed by atoms with Gasteiger partial charge in [0.05, 0.1) is 18.2 Å². The van der Waals surface area contributed by atoms with Crippen molar-refractivity contribution in [2.24, 2.45) is 5.73 Å². The highest BCUT2D eigenvalue weighted by Gasteiger charge is 2.10. The summed E-state index contributed by atoms with van der Waals surface area (Å²) in [5.74, 6) is 1.42. The molecule has 0 aliphatic carbocycles. The Bertz CT molecular complexity index is 531. The lowest BCUT2D eigenvalue weighted by Gasteiger charge is -2.15. The Morgan fingerprint density at radius 2 is 1.89 bits per heavy atom. The van der Waals surface area contributed by atoms with Crippen LogP contribution in [0.1, 0.15) is 11.6 Å². The lowest BCUT2D eigenvalue weighted by atomic mass is 10.1. The van der Waals surface area contributed by atoms with Crippen LogP contribution in [-0.2, 0) is 0 Å². The minimum Gasteiger partial charge on any atom is -0.495 e. The third-order valence-electron chi connectivity index (χ3n) is 2.78. The minimum absolute atomic E-state index is 0.230. The molecule has 2 aromatic rings. The summed E-state index contributed by atoms with van der Waals surface area (Å²) >= 11 is 5.98. The standard InChI is InChI=1S/C15H16ClNO2/c1-18-15-9-11(7-8-13(15)16)14(17)10-19-12-5-3-2-4-6-12/h2-9,14H,10,17H2,1H3. The van der Waals surface area contributed by atoms with Crippen molar-refractivity contribution in [2.45, 2.75) is 6.04 Å². The van der Waals surface area contributed by atoms with Crippen molar-refractivity contribution in [1.29, 1.82) is 0 Å². The van der Waals surface area contributed by atoms with Crippen molar-refractivity contribution < 1.29 is 9.47 Å². The van der Waals surface area contributed by atoms with Crippen LogP contribution in [0.3, 0.4) is 0 Å². The van der Waals surface area contributed by atoms with Gasteiger partial charge in [-0.05, 0) is 29.8 Å². The lowest BCUT2D eigenvalue weighted by molar-refractivity contribution is 0.290. The maximum atomic E-state index is 6.09. The number of benzene rings is 2. The first-order chi connectivity index (χ1) is 9.20. The van der Waals surface area contributed by atoms with Gasteiger partial charge < -0.3 is 15.2 Å². The molecule has 0 aliphatic heterocycles. The molecule has 2 aromatic carbocycles. The van der Waals surface area contributed by atoms with Gasteiger partial charge in [0, 0.05) is 0 Å². The molecule has 0 saturated heterocycles. The van der Waals surface area contributed by atoms with Gasteiger partial charge in [-0.2, -0.15) is 0 Å². The number of para-hydroxylation sites is 1. The van der Waals surface area contributed by atoms with Crippen LogP contribution in [0.15, 0.2) is 48.5 Å². The third kappa shape index (κ3) is 3.63. The number of methoxy groups -OCH3 is 1. The van der Waals surface area contributed by atoms with E-state index in [0.29, 0.717) is 17.4 Å². The Labute approximate surface area is 117 Å². The van der Waals surface area contributed by atoms with Crippen LogP contribution in [0.25, 0.3) is 0 Å². The molecule has 0 fully saturated rings. The Morgan fingerprint density at radius 3 is 2.58 bits per heavy atom. The molecule has 3 nitrogen and oxygen atoms in total. The summed E-state index contributed by atoms with van der Waals surface area (Å²) in [4.78, 5) is 0. The quantitative estimate of drug-likeness (QED) is 0.911. The lowest BCUT2D eigenvalue weighted by Crippen LogP contribution is -2.19. The minimum atomic E-state index is -0.230. The van der Waals surface area contributed by atoms with Gasteiger partial charge >= 0.3 is 0 Å². The van der Waals surface area contributed by atoms with Gasteiger partial charge in [0.15, 0.2) is 0 Å². The molecule has 0 aromatic heterocycles. The van der Waals surface area contributed by atoms with Crippen molar-refractivity contribution in [3.8, 4) is 11.5 Å². The molecule has 0 radical (unpaired) electrons. The molecule has 0 aliphatic rings. The number of rotatable bonds is 5. The molecule has 1 atom stereocenters. The molecule has 2 rings (SSSR count). The largest absolute Gasteiger partial charge is 0.495 e. The molecule has 2 N–H and O–H groups in total. The summed E-state index contributed by atoms with van der Waals surface area (Å²) in [5.41, 5.74) is 7.02. The van der Waals surface area contributed by atoms with Gasteiger partial charge in [0.2, 0.25) is 0 Å². The number of halogens is 1. The fourth-order valence-corrected chi connectivity index (χ4v) is 1.90. The van der Waals surface area contributed by atoms with Crippen molar-refractivity contribution >= 4 is 11.6 Å². The Hall–Kier alpha value is -1.71. The highest BCUT2D eigenvalue weighted by Crippen LogP contribution is 2.27. The van der Waals surface area contributed by atoms with Gasteiger partial charge in [0.25, 0.3) is 0 Å². The number of nitrogens with two attached hydrogens (primary N) is 1. The van der Waals surface area contributed by atoms with Gasteiger partial charge in [-0.25, -0.2) is 0 Å². The Morgan fingerprint density at radius 1 is 1.16 bits per heavy atom. The van der Waals surface area contributed by atoms with E-state index in [2.05, 4.69) is 0 Å². The fourth-order valence-electron chi connectivity index (χ4n) is 1.71. The second kappa shape index (κ2) is 6.45. The Balaban J connectivity index is 2.02. The summed E-state index contributed by atoms with van der Waals surface area (Å²) in [6.45, 7) is 0.398. The number of ether oxygens (including phenoxy) is 2. The molecular weight excluding hydrogens is 262 g/mol. The Kier molecular flexibility index (Phi) is 4.66. The van der Waals surface area contributed by atoms with Crippen molar-refractivity contribution in [1.82, 2.24) is 0 Å². The van der Waals surface area contributed by atoms with E-state index in [1.54, 1.807) is 13.2 Å². The van der Waals surface area contributed by atoms with Crippen LogP contribution in [0.2, 0.25) is 5.02 Å². The summed E-state index contributed by atoms with van der Waals surface area (Å²) in [6, 6.07) is 14.8. The van der Waals surface area contributed by atoms with E-state index >= 15 is 0 Å². The molecule has 4 heteroatoms. The van der Waals surface area contributed by atoms with Crippen LogP contribution in [0, 0.1) is 0 Å². The highest BCUT2D eigenvalue weighted by molar-refractivity contribution is 6.32.